The summed E-state index contributed by atoms with van der Waals surface area (Å²) in [4.78, 5) is 3.86. The van der Waals surface area contributed by atoms with Crippen molar-refractivity contribution < 1.29 is 9.15 Å². The van der Waals surface area contributed by atoms with Crippen molar-refractivity contribution in [3.63, 3.8) is 0 Å². The lowest BCUT2D eigenvalue weighted by atomic mass is 9.89. The van der Waals surface area contributed by atoms with Gasteiger partial charge in [0.2, 0.25) is 0 Å². The van der Waals surface area contributed by atoms with Gasteiger partial charge in [0.05, 0.1) is 18.8 Å². The summed E-state index contributed by atoms with van der Waals surface area (Å²) >= 11 is 0. The van der Waals surface area contributed by atoms with Crippen molar-refractivity contribution in [1.29, 1.82) is 0 Å². The molecule has 0 atom stereocenters. The van der Waals surface area contributed by atoms with Gasteiger partial charge in [-0.05, 0) is 19.8 Å². The minimum atomic E-state index is 0.465. The first-order valence-corrected chi connectivity index (χ1v) is 5.11. The molecule has 1 saturated carbocycles. The maximum atomic E-state index is 5.47. The van der Waals surface area contributed by atoms with Crippen molar-refractivity contribution in [2.75, 3.05) is 6.61 Å². The van der Waals surface area contributed by atoms with Gasteiger partial charge in [-0.3, -0.25) is 0 Å². The first-order valence-electron chi connectivity index (χ1n) is 5.11. The van der Waals surface area contributed by atoms with Gasteiger partial charge < -0.3 is 14.5 Å². The van der Waals surface area contributed by atoms with E-state index in [1.165, 1.54) is 6.39 Å². The molecule has 0 unspecified atom stereocenters. The van der Waals surface area contributed by atoms with Gasteiger partial charge in [0.25, 0.3) is 0 Å². The van der Waals surface area contributed by atoms with Crippen molar-refractivity contribution in [3.8, 4) is 0 Å². The van der Waals surface area contributed by atoms with Crippen LogP contribution in [0, 0.1) is 0 Å². The smallest absolute Gasteiger partial charge is 0.180 e. The Bertz CT molecular complexity index is 255. The Morgan fingerprint density at radius 2 is 2.50 bits per heavy atom. The zero-order chi connectivity index (χ0) is 9.80. The number of hydrogen-bond donors (Lipinski definition) is 1. The average molecular weight is 196 g/mol. The Labute approximate surface area is 83.7 Å². The van der Waals surface area contributed by atoms with E-state index >= 15 is 0 Å². The summed E-state index contributed by atoms with van der Waals surface area (Å²) in [5.41, 5.74) is 0. The van der Waals surface area contributed by atoms with Gasteiger partial charge in [0, 0.05) is 12.6 Å². The van der Waals surface area contributed by atoms with Crippen LogP contribution in [0.4, 0.5) is 0 Å². The molecule has 1 aromatic heterocycles. The van der Waals surface area contributed by atoms with E-state index in [1.807, 2.05) is 6.92 Å². The number of aromatic nitrogens is 1. The van der Waals surface area contributed by atoms with Crippen LogP contribution in [0.25, 0.3) is 0 Å². The third kappa shape index (κ3) is 2.33. The molecule has 1 aliphatic rings. The van der Waals surface area contributed by atoms with Gasteiger partial charge in [-0.15, -0.1) is 0 Å². The maximum Gasteiger partial charge on any atom is 0.180 e. The molecule has 0 saturated heterocycles. The van der Waals surface area contributed by atoms with Crippen LogP contribution in [0.3, 0.4) is 0 Å². The van der Waals surface area contributed by atoms with Crippen molar-refractivity contribution in [2.24, 2.45) is 0 Å². The normalized spacial score (nSPS) is 26.1. The molecule has 2 rings (SSSR count). The summed E-state index contributed by atoms with van der Waals surface area (Å²) in [7, 11) is 0. The fourth-order valence-electron chi connectivity index (χ4n) is 1.68. The van der Waals surface area contributed by atoms with E-state index < -0.39 is 0 Å². The zero-order valence-electron chi connectivity index (χ0n) is 8.40. The van der Waals surface area contributed by atoms with E-state index in [2.05, 4.69) is 10.3 Å². The highest BCUT2D eigenvalue weighted by Gasteiger charge is 2.28. The van der Waals surface area contributed by atoms with Crippen LogP contribution >= 0.6 is 0 Å². The van der Waals surface area contributed by atoms with Crippen molar-refractivity contribution in [3.05, 3.63) is 18.4 Å². The van der Waals surface area contributed by atoms with Gasteiger partial charge in [-0.25, -0.2) is 4.98 Å². The predicted octanol–water partition coefficient (Wildman–Crippen LogP) is 1.33. The molecule has 78 valence electrons. The molecule has 1 fully saturated rings. The highest BCUT2D eigenvalue weighted by Crippen LogP contribution is 2.23. The summed E-state index contributed by atoms with van der Waals surface area (Å²) in [5.74, 6) is 0.893. The Kier molecular flexibility index (Phi) is 3.16. The van der Waals surface area contributed by atoms with Crippen LogP contribution in [0.5, 0.6) is 0 Å². The van der Waals surface area contributed by atoms with E-state index in [0.717, 1.165) is 31.8 Å². The summed E-state index contributed by atoms with van der Waals surface area (Å²) in [5, 5.41) is 3.40. The first kappa shape index (κ1) is 9.68. The Hall–Kier alpha value is -0.870. The summed E-state index contributed by atoms with van der Waals surface area (Å²) < 4.78 is 10.6. The van der Waals surface area contributed by atoms with E-state index in [0.29, 0.717) is 12.1 Å². The number of nitrogens with one attached hydrogen (secondary N) is 1. The first-order chi connectivity index (χ1) is 6.88. The number of oxazole rings is 1. The standard InChI is InChI=1S/C10H16N2O2/c1-2-13-9-3-8(4-9)12-6-10-5-11-7-14-10/h5,7-9,12H,2-4,6H2,1H3. The Morgan fingerprint density at radius 1 is 1.64 bits per heavy atom. The molecule has 14 heavy (non-hydrogen) atoms. The Balaban J connectivity index is 1.61. The van der Waals surface area contributed by atoms with Crippen LogP contribution in [-0.2, 0) is 11.3 Å². The SMILES string of the molecule is CCOC1CC(NCc2cnco2)C1. The molecule has 1 aliphatic carbocycles. The monoisotopic (exact) mass is 196 g/mol. The number of rotatable bonds is 5. The zero-order valence-corrected chi connectivity index (χ0v) is 8.40. The largest absolute Gasteiger partial charge is 0.447 e. The van der Waals surface area contributed by atoms with Crippen LogP contribution in [0.2, 0.25) is 0 Å². The molecule has 1 N–H and O–H groups in total. The van der Waals surface area contributed by atoms with Crippen LogP contribution in [0.1, 0.15) is 25.5 Å². The van der Waals surface area contributed by atoms with Crippen molar-refractivity contribution in [1.82, 2.24) is 10.3 Å². The molecular formula is C10H16N2O2. The van der Waals surface area contributed by atoms with E-state index in [4.69, 9.17) is 9.15 Å². The number of ether oxygens (including phenoxy) is 1. The molecule has 1 heterocycles. The fraction of sp³-hybridized carbons (Fsp3) is 0.700. The van der Waals surface area contributed by atoms with Crippen LogP contribution in [-0.4, -0.2) is 23.7 Å². The van der Waals surface area contributed by atoms with Gasteiger partial charge in [0.1, 0.15) is 5.76 Å². The molecule has 0 amide bonds. The lowest BCUT2D eigenvalue weighted by Crippen LogP contribution is -2.45. The lowest BCUT2D eigenvalue weighted by molar-refractivity contribution is -0.0105. The second-order valence-corrected chi connectivity index (χ2v) is 3.59. The molecule has 1 aromatic rings. The van der Waals surface area contributed by atoms with E-state index in [-0.39, 0.29) is 0 Å². The topological polar surface area (TPSA) is 47.3 Å². The van der Waals surface area contributed by atoms with Gasteiger partial charge in [0.15, 0.2) is 6.39 Å². The minimum absolute atomic E-state index is 0.465. The molecule has 0 aromatic carbocycles. The van der Waals surface area contributed by atoms with Crippen molar-refractivity contribution >= 4 is 0 Å². The van der Waals surface area contributed by atoms with Gasteiger partial charge >= 0.3 is 0 Å². The third-order valence-electron chi connectivity index (χ3n) is 2.55. The summed E-state index contributed by atoms with van der Waals surface area (Å²) in [6.45, 7) is 3.62. The summed E-state index contributed by atoms with van der Waals surface area (Å²) in [6.07, 6.45) is 5.89. The van der Waals surface area contributed by atoms with Gasteiger partial charge in [-0.2, -0.15) is 0 Å². The molecule has 0 radical (unpaired) electrons. The predicted molar refractivity (Wildman–Crippen MR) is 51.8 cm³/mol. The molecule has 4 nitrogen and oxygen atoms in total. The number of nitrogens with zero attached hydrogens (tertiary/aromatic N) is 1. The molecule has 0 aliphatic heterocycles. The maximum absolute atomic E-state index is 5.47. The molecule has 4 heteroatoms. The fourth-order valence-corrected chi connectivity index (χ4v) is 1.68. The number of hydrogen-bond acceptors (Lipinski definition) is 4. The molecule has 0 spiro atoms. The highest BCUT2D eigenvalue weighted by atomic mass is 16.5. The van der Waals surface area contributed by atoms with Crippen molar-refractivity contribution in [2.45, 2.75) is 38.5 Å². The second-order valence-electron chi connectivity index (χ2n) is 3.59. The quantitative estimate of drug-likeness (QED) is 0.771. The minimum Gasteiger partial charge on any atom is -0.447 e. The Morgan fingerprint density at radius 3 is 3.14 bits per heavy atom. The third-order valence-corrected chi connectivity index (χ3v) is 2.55. The van der Waals surface area contributed by atoms with Gasteiger partial charge in [-0.1, -0.05) is 0 Å². The van der Waals surface area contributed by atoms with E-state index in [1.54, 1.807) is 6.20 Å². The highest BCUT2D eigenvalue weighted by molar-refractivity contribution is 4.91. The second kappa shape index (κ2) is 4.57. The summed E-state index contributed by atoms with van der Waals surface area (Å²) in [6, 6.07) is 0.580. The molecule has 0 bridgehead atoms. The van der Waals surface area contributed by atoms with Crippen LogP contribution in [0.15, 0.2) is 17.0 Å². The molecular weight excluding hydrogens is 180 g/mol. The van der Waals surface area contributed by atoms with Crippen LogP contribution < -0.4 is 5.32 Å². The lowest BCUT2D eigenvalue weighted by Gasteiger charge is -2.35. The van der Waals surface area contributed by atoms with E-state index in [9.17, 15) is 0 Å². The average Bonchev–Trinajstić information content (AvgIpc) is 2.61.